The van der Waals surface area contributed by atoms with Crippen molar-refractivity contribution in [3.63, 3.8) is 0 Å². The lowest BCUT2D eigenvalue weighted by molar-refractivity contribution is 0.0752. The first-order chi connectivity index (χ1) is 7.31. The monoisotopic (exact) mass is 215 g/mol. The van der Waals surface area contributed by atoms with E-state index in [1.807, 2.05) is 0 Å². The van der Waals surface area contributed by atoms with Gasteiger partial charge >= 0.3 is 0 Å². The second-order valence-electron chi connectivity index (χ2n) is 4.15. The summed E-state index contributed by atoms with van der Waals surface area (Å²) in [6.45, 7) is 7.51. The highest BCUT2D eigenvalue weighted by atomic mass is 15.3. The Labute approximate surface area is 92.6 Å². The fourth-order valence-electron chi connectivity index (χ4n) is 2.27. The Kier molecular flexibility index (Phi) is 6.12. The van der Waals surface area contributed by atoms with E-state index in [2.05, 4.69) is 9.80 Å². The molecule has 5 nitrogen and oxygen atoms in total. The molecule has 1 saturated heterocycles. The maximum atomic E-state index is 5.64. The van der Waals surface area contributed by atoms with Crippen LogP contribution in [-0.2, 0) is 0 Å². The summed E-state index contributed by atoms with van der Waals surface area (Å²) in [6, 6.07) is 0.568. The molecule has 1 heterocycles. The van der Waals surface area contributed by atoms with Gasteiger partial charge in [-0.15, -0.1) is 0 Å². The third-order valence-corrected chi connectivity index (χ3v) is 3.05. The summed E-state index contributed by atoms with van der Waals surface area (Å²) in [6.07, 6.45) is 1.06. The zero-order valence-electron chi connectivity index (χ0n) is 9.57. The molecule has 1 unspecified atom stereocenters. The fraction of sp³-hybridized carbons (Fsp3) is 1.00. The van der Waals surface area contributed by atoms with Gasteiger partial charge in [-0.1, -0.05) is 0 Å². The molecular weight excluding hydrogens is 190 g/mol. The molecule has 0 radical (unpaired) electrons. The molecule has 5 heteroatoms. The van der Waals surface area contributed by atoms with E-state index in [1.54, 1.807) is 0 Å². The third kappa shape index (κ3) is 4.04. The fourth-order valence-corrected chi connectivity index (χ4v) is 2.27. The third-order valence-electron chi connectivity index (χ3n) is 3.05. The molecule has 0 aromatic rings. The number of piperazine rings is 1. The van der Waals surface area contributed by atoms with Crippen LogP contribution in [0.2, 0.25) is 0 Å². The Morgan fingerprint density at radius 2 is 1.67 bits per heavy atom. The average molecular weight is 215 g/mol. The molecule has 0 aromatic heterocycles. The Morgan fingerprint density at radius 3 is 2.27 bits per heavy atom. The van der Waals surface area contributed by atoms with E-state index in [1.165, 1.54) is 0 Å². The molecule has 0 amide bonds. The van der Waals surface area contributed by atoms with Crippen molar-refractivity contribution in [2.75, 3.05) is 52.4 Å². The van der Waals surface area contributed by atoms with Gasteiger partial charge < -0.3 is 17.2 Å². The number of rotatable bonds is 6. The van der Waals surface area contributed by atoms with Crippen molar-refractivity contribution in [2.45, 2.75) is 12.5 Å². The van der Waals surface area contributed by atoms with Crippen LogP contribution in [-0.4, -0.2) is 68.2 Å². The topological polar surface area (TPSA) is 84.5 Å². The van der Waals surface area contributed by atoms with Crippen molar-refractivity contribution in [1.82, 2.24) is 9.80 Å². The maximum absolute atomic E-state index is 5.64. The average Bonchev–Trinajstić information content (AvgIpc) is 2.23. The first kappa shape index (κ1) is 12.9. The normalized spacial score (nSPS) is 24.6. The van der Waals surface area contributed by atoms with E-state index in [4.69, 9.17) is 17.2 Å². The van der Waals surface area contributed by atoms with Crippen LogP contribution in [0.5, 0.6) is 0 Å². The quantitative estimate of drug-likeness (QED) is 0.489. The molecule has 0 aromatic carbocycles. The number of hydrogen-bond donors (Lipinski definition) is 3. The largest absolute Gasteiger partial charge is 0.330 e. The Balaban J connectivity index is 2.41. The van der Waals surface area contributed by atoms with Crippen LogP contribution in [0.25, 0.3) is 0 Å². The summed E-state index contributed by atoms with van der Waals surface area (Å²) in [5.74, 6) is 0. The van der Waals surface area contributed by atoms with E-state index in [0.717, 1.165) is 58.8 Å². The number of nitrogens with two attached hydrogens (primary N) is 3. The standard InChI is InChI=1S/C10H25N5/c11-2-1-10-9-14(5-3-12)7-8-15(10)6-4-13/h10H,1-9,11-13H2. The molecule has 1 aliphatic heterocycles. The van der Waals surface area contributed by atoms with Crippen molar-refractivity contribution >= 4 is 0 Å². The number of hydrogen-bond acceptors (Lipinski definition) is 5. The van der Waals surface area contributed by atoms with E-state index >= 15 is 0 Å². The van der Waals surface area contributed by atoms with E-state index in [9.17, 15) is 0 Å². The summed E-state index contributed by atoms with van der Waals surface area (Å²) in [4.78, 5) is 4.88. The highest BCUT2D eigenvalue weighted by Crippen LogP contribution is 2.11. The van der Waals surface area contributed by atoms with Gasteiger partial charge in [-0.05, 0) is 13.0 Å². The maximum Gasteiger partial charge on any atom is 0.0236 e. The van der Waals surface area contributed by atoms with Crippen LogP contribution < -0.4 is 17.2 Å². The predicted octanol–water partition coefficient (Wildman–Crippen LogP) is -1.76. The SMILES string of the molecule is NCCC1CN(CCN)CCN1CCN. The summed E-state index contributed by atoms with van der Waals surface area (Å²) >= 11 is 0. The summed E-state index contributed by atoms with van der Waals surface area (Å²) in [5, 5.41) is 0. The molecular formula is C10H25N5. The van der Waals surface area contributed by atoms with Gasteiger partial charge in [0.25, 0.3) is 0 Å². The zero-order valence-corrected chi connectivity index (χ0v) is 9.57. The highest BCUT2D eigenvalue weighted by Gasteiger charge is 2.24. The van der Waals surface area contributed by atoms with Gasteiger partial charge in [0, 0.05) is 51.9 Å². The van der Waals surface area contributed by atoms with Crippen LogP contribution in [0.3, 0.4) is 0 Å². The lowest BCUT2D eigenvalue weighted by Crippen LogP contribution is -2.55. The van der Waals surface area contributed by atoms with Crippen molar-refractivity contribution < 1.29 is 0 Å². The van der Waals surface area contributed by atoms with Gasteiger partial charge in [0.05, 0.1) is 0 Å². The molecule has 6 N–H and O–H groups in total. The Bertz CT molecular complexity index is 164. The van der Waals surface area contributed by atoms with Crippen LogP contribution in [0.1, 0.15) is 6.42 Å². The highest BCUT2D eigenvalue weighted by molar-refractivity contribution is 4.82. The van der Waals surface area contributed by atoms with Crippen LogP contribution in [0.15, 0.2) is 0 Å². The predicted molar refractivity (Wildman–Crippen MR) is 63.6 cm³/mol. The van der Waals surface area contributed by atoms with Crippen LogP contribution >= 0.6 is 0 Å². The molecule has 0 aliphatic carbocycles. The van der Waals surface area contributed by atoms with Crippen molar-refractivity contribution in [1.29, 1.82) is 0 Å². The van der Waals surface area contributed by atoms with Crippen molar-refractivity contribution in [3.05, 3.63) is 0 Å². The summed E-state index contributed by atoms with van der Waals surface area (Å²) in [7, 11) is 0. The molecule has 1 rings (SSSR count). The minimum Gasteiger partial charge on any atom is -0.330 e. The molecule has 0 spiro atoms. The second kappa shape index (κ2) is 7.14. The molecule has 0 saturated carbocycles. The molecule has 0 bridgehead atoms. The number of nitrogens with zero attached hydrogens (tertiary/aromatic N) is 2. The van der Waals surface area contributed by atoms with Gasteiger partial charge in [-0.3, -0.25) is 9.80 Å². The first-order valence-electron chi connectivity index (χ1n) is 5.88. The Hall–Kier alpha value is -0.200. The van der Waals surface area contributed by atoms with Gasteiger partial charge in [0.1, 0.15) is 0 Å². The molecule has 1 aliphatic rings. The van der Waals surface area contributed by atoms with Gasteiger partial charge in [0.2, 0.25) is 0 Å². The smallest absolute Gasteiger partial charge is 0.0236 e. The van der Waals surface area contributed by atoms with Crippen molar-refractivity contribution in [2.24, 2.45) is 17.2 Å². The van der Waals surface area contributed by atoms with E-state index in [0.29, 0.717) is 6.04 Å². The minimum absolute atomic E-state index is 0.568. The van der Waals surface area contributed by atoms with E-state index < -0.39 is 0 Å². The van der Waals surface area contributed by atoms with Crippen LogP contribution in [0.4, 0.5) is 0 Å². The summed E-state index contributed by atoms with van der Waals surface area (Å²) in [5.41, 5.74) is 16.8. The lowest BCUT2D eigenvalue weighted by atomic mass is 10.1. The molecule has 90 valence electrons. The summed E-state index contributed by atoms with van der Waals surface area (Å²) < 4.78 is 0. The van der Waals surface area contributed by atoms with Crippen molar-refractivity contribution in [3.8, 4) is 0 Å². The zero-order chi connectivity index (χ0) is 11.1. The Morgan fingerprint density at radius 1 is 0.933 bits per heavy atom. The van der Waals surface area contributed by atoms with E-state index in [-0.39, 0.29) is 0 Å². The van der Waals surface area contributed by atoms with Crippen LogP contribution in [0, 0.1) is 0 Å². The molecule has 15 heavy (non-hydrogen) atoms. The van der Waals surface area contributed by atoms with Gasteiger partial charge in [0.15, 0.2) is 0 Å². The second-order valence-corrected chi connectivity index (χ2v) is 4.15. The van der Waals surface area contributed by atoms with Gasteiger partial charge in [-0.2, -0.15) is 0 Å². The van der Waals surface area contributed by atoms with Gasteiger partial charge in [-0.25, -0.2) is 0 Å². The molecule has 1 fully saturated rings. The lowest BCUT2D eigenvalue weighted by Gasteiger charge is -2.41. The minimum atomic E-state index is 0.568. The molecule has 1 atom stereocenters. The first-order valence-corrected chi connectivity index (χ1v) is 5.88.